The van der Waals surface area contributed by atoms with Crippen molar-refractivity contribution in [1.82, 2.24) is 0 Å². The first kappa shape index (κ1) is 20.5. The second kappa shape index (κ2) is 8.13. The number of halogens is 3. The van der Waals surface area contributed by atoms with E-state index >= 15 is 0 Å². The van der Waals surface area contributed by atoms with E-state index in [4.69, 9.17) is 32.4 Å². The van der Waals surface area contributed by atoms with Gasteiger partial charge in [0.25, 0.3) is 0 Å². The summed E-state index contributed by atoms with van der Waals surface area (Å²) in [6.45, 7) is 3.53. The molecule has 0 bridgehead atoms. The molecule has 0 unspecified atom stereocenters. The van der Waals surface area contributed by atoms with Gasteiger partial charge in [-0.15, -0.1) is 0 Å². The minimum Gasteiger partial charge on any atom is -0.481 e. The average Bonchev–Trinajstić information content (AvgIpc) is 2.70. The predicted octanol–water partition coefficient (Wildman–Crippen LogP) is 7.10. The molecule has 0 aliphatic carbocycles. The normalized spacial score (nSPS) is 11.1. The van der Waals surface area contributed by atoms with Gasteiger partial charge >= 0.3 is 0 Å². The minimum absolute atomic E-state index is 0.0417. The summed E-state index contributed by atoms with van der Waals surface area (Å²) < 4.78 is 26.2. The molecule has 0 aliphatic rings. The van der Waals surface area contributed by atoms with Crippen molar-refractivity contribution in [2.75, 3.05) is 0 Å². The minimum atomic E-state index is -0.515. The Hall–Kier alpha value is -2.82. The van der Waals surface area contributed by atoms with Crippen LogP contribution in [0, 0.1) is 19.7 Å². The lowest BCUT2D eigenvalue weighted by molar-refractivity contribution is 0.292. The van der Waals surface area contributed by atoms with E-state index in [9.17, 15) is 9.18 Å². The van der Waals surface area contributed by atoms with Gasteiger partial charge in [-0.2, -0.15) is 0 Å². The third-order valence-corrected chi connectivity index (χ3v) is 5.50. The van der Waals surface area contributed by atoms with Gasteiger partial charge in [0.1, 0.15) is 18.0 Å². The third kappa shape index (κ3) is 3.69. The standard InChI is InChI=1S/C24H17Cl2FO3/c1-13-10-14(2)22-16(11-13)21(28)24(23(30-22)15-6-3-4-7-18(15)25)29-12-17-19(26)8-5-9-20(17)27/h3-11H,12H2,1-2H3. The van der Waals surface area contributed by atoms with E-state index in [1.54, 1.807) is 36.4 Å². The van der Waals surface area contributed by atoms with E-state index in [2.05, 4.69) is 0 Å². The molecule has 0 spiro atoms. The predicted molar refractivity (Wildman–Crippen MR) is 118 cm³/mol. The van der Waals surface area contributed by atoms with Crippen molar-refractivity contribution in [3.05, 3.63) is 97.4 Å². The summed E-state index contributed by atoms with van der Waals surface area (Å²) in [4.78, 5) is 13.4. The quantitative estimate of drug-likeness (QED) is 0.338. The largest absolute Gasteiger partial charge is 0.481 e. The monoisotopic (exact) mass is 442 g/mol. The Morgan fingerprint density at radius 3 is 2.47 bits per heavy atom. The highest BCUT2D eigenvalue weighted by Crippen LogP contribution is 2.36. The van der Waals surface area contributed by atoms with Crippen LogP contribution < -0.4 is 10.2 Å². The number of rotatable bonds is 4. The van der Waals surface area contributed by atoms with E-state index < -0.39 is 5.82 Å². The van der Waals surface area contributed by atoms with Crippen LogP contribution in [0.15, 0.2) is 63.8 Å². The summed E-state index contributed by atoms with van der Waals surface area (Å²) in [7, 11) is 0. The third-order valence-electron chi connectivity index (χ3n) is 4.82. The molecule has 1 aromatic heterocycles. The molecule has 0 amide bonds. The topological polar surface area (TPSA) is 39.4 Å². The van der Waals surface area contributed by atoms with Gasteiger partial charge in [-0.3, -0.25) is 4.79 Å². The Labute approximate surface area is 182 Å². The highest BCUT2D eigenvalue weighted by atomic mass is 35.5. The SMILES string of the molecule is Cc1cc(C)c2oc(-c3ccccc3Cl)c(OCc3c(F)cccc3Cl)c(=O)c2c1. The number of hydrogen-bond acceptors (Lipinski definition) is 3. The number of benzene rings is 3. The van der Waals surface area contributed by atoms with Crippen LogP contribution in [-0.2, 0) is 6.61 Å². The van der Waals surface area contributed by atoms with E-state index in [0.29, 0.717) is 21.6 Å². The molecule has 0 saturated carbocycles. The molecule has 30 heavy (non-hydrogen) atoms. The van der Waals surface area contributed by atoms with Crippen LogP contribution in [0.4, 0.5) is 4.39 Å². The van der Waals surface area contributed by atoms with Gasteiger partial charge in [0, 0.05) is 11.1 Å². The summed E-state index contributed by atoms with van der Waals surface area (Å²) in [5.74, 6) is -0.365. The Balaban J connectivity index is 1.94. The first-order valence-electron chi connectivity index (χ1n) is 9.25. The molecule has 0 aliphatic heterocycles. The molecule has 4 aromatic rings. The van der Waals surface area contributed by atoms with Gasteiger partial charge in [-0.1, -0.05) is 47.5 Å². The average molecular weight is 443 g/mol. The molecular formula is C24H17Cl2FO3. The van der Waals surface area contributed by atoms with Crippen LogP contribution in [0.5, 0.6) is 5.75 Å². The van der Waals surface area contributed by atoms with Crippen molar-refractivity contribution in [3.63, 3.8) is 0 Å². The molecule has 0 N–H and O–H groups in total. The molecular weight excluding hydrogens is 426 g/mol. The number of fused-ring (bicyclic) bond motifs is 1. The maximum Gasteiger partial charge on any atom is 0.235 e. The number of ether oxygens (including phenoxy) is 1. The lowest BCUT2D eigenvalue weighted by Gasteiger charge is -2.14. The molecule has 3 aromatic carbocycles. The first-order chi connectivity index (χ1) is 14.4. The van der Waals surface area contributed by atoms with Gasteiger partial charge in [-0.25, -0.2) is 4.39 Å². The molecule has 0 fully saturated rings. The summed E-state index contributed by atoms with van der Waals surface area (Å²) in [5, 5.41) is 1.00. The van der Waals surface area contributed by atoms with Crippen LogP contribution in [0.25, 0.3) is 22.3 Å². The van der Waals surface area contributed by atoms with Gasteiger partial charge in [0.2, 0.25) is 11.2 Å². The Morgan fingerprint density at radius 2 is 1.73 bits per heavy atom. The number of aryl methyl sites for hydroxylation is 2. The molecule has 3 nitrogen and oxygen atoms in total. The molecule has 1 heterocycles. The van der Waals surface area contributed by atoms with Gasteiger partial charge in [0.05, 0.1) is 15.4 Å². The van der Waals surface area contributed by atoms with Crippen molar-refractivity contribution < 1.29 is 13.5 Å². The fraction of sp³-hybridized carbons (Fsp3) is 0.125. The van der Waals surface area contributed by atoms with Crippen molar-refractivity contribution in [3.8, 4) is 17.1 Å². The van der Waals surface area contributed by atoms with E-state index in [1.165, 1.54) is 12.1 Å². The lowest BCUT2D eigenvalue weighted by atomic mass is 10.1. The Bertz CT molecular complexity index is 1310. The highest BCUT2D eigenvalue weighted by Gasteiger charge is 2.21. The Morgan fingerprint density at radius 1 is 1.00 bits per heavy atom. The van der Waals surface area contributed by atoms with Gasteiger partial charge in [-0.05, 0) is 55.3 Å². The lowest BCUT2D eigenvalue weighted by Crippen LogP contribution is -2.12. The maximum absolute atomic E-state index is 14.2. The molecule has 6 heteroatoms. The molecule has 0 saturated heterocycles. The zero-order valence-corrected chi connectivity index (χ0v) is 17.8. The maximum atomic E-state index is 14.2. The van der Waals surface area contributed by atoms with Crippen molar-refractivity contribution >= 4 is 34.2 Å². The van der Waals surface area contributed by atoms with Gasteiger partial charge in [0.15, 0.2) is 5.76 Å². The Kier molecular flexibility index (Phi) is 5.54. The van der Waals surface area contributed by atoms with Crippen molar-refractivity contribution in [2.45, 2.75) is 20.5 Å². The number of hydrogen-bond donors (Lipinski definition) is 0. The van der Waals surface area contributed by atoms with E-state index in [-0.39, 0.29) is 34.1 Å². The first-order valence-corrected chi connectivity index (χ1v) is 10.0. The molecule has 152 valence electrons. The summed E-state index contributed by atoms with van der Waals surface area (Å²) in [5.41, 5.74) is 2.50. The van der Waals surface area contributed by atoms with E-state index in [0.717, 1.165) is 11.1 Å². The summed E-state index contributed by atoms with van der Waals surface area (Å²) in [6.07, 6.45) is 0. The molecule has 0 radical (unpaired) electrons. The van der Waals surface area contributed by atoms with Crippen molar-refractivity contribution in [2.24, 2.45) is 0 Å². The zero-order chi connectivity index (χ0) is 21.4. The van der Waals surface area contributed by atoms with Crippen LogP contribution in [0.1, 0.15) is 16.7 Å². The van der Waals surface area contributed by atoms with Crippen LogP contribution >= 0.6 is 23.2 Å². The zero-order valence-electron chi connectivity index (χ0n) is 16.3. The molecule has 4 rings (SSSR count). The second-order valence-electron chi connectivity index (χ2n) is 7.02. The second-order valence-corrected chi connectivity index (χ2v) is 7.83. The van der Waals surface area contributed by atoms with Crippen molar-refractivity contribution in [1.29, 1.82) is 0 Å². The van der Waals surface area contributed by atoms with E-state index in [1.807, 2.05) is 19.9 Å². The fourth-order valence-corrected chi connectivity index (χ4v) is 3.84. The van der Waals surface area contributed by atoms with Crippen LogP contribution in [0.2, 0.25) is 10.0 Å². The van der Waals surface area contributed by atoms with Crippen LogP contribution in [0.3, 0.4) is 0 Å². The summed E-state index contributed by atoms with van der Waals surface area (Å²) >= 11 is 12.5. The molecule has 0 atom stereocenters. The van der Waals surface area contributed by atoms with Crippen LogP contribution in [-0.4, -0.2) is 0 Å². The highest BCUT2D eigenvalue weighted by molar-refractivity contribution is 6.33. The fourth-order valence-electron chi connectivity index (χ4n) is 3.40. The van der Waals surface area contributed by atoms with Gasteiger partial charge < -0.3 is 9.15 Å². The summed E-state index contributed by atoms with van der Waals surface area (Å²) in [6, 6.07) is 15.0. The smallest absolute Gasteiger partial charge is 0.235 e.